The molecule has 0 saturated heterocycles. The third-order valence-electron chi connectivity index (χ3n) is 3.14. The van der Waals surface area contributed by atoms with Gasteiger partial charge in [0.05, 0.1) is 0 Å². The van der Waals surface area contributed by atoms with Crippen molar-refractivity contribution in [2.75, 3.05) is 18.7 Å². The fraction of sp³-hybridized carbons (Fsp3) is 0.133. The summed E-state index contributed by atoms with van der Waals surface area (Å²) in [5.41, 5.74) is 1.12. The number of fused-ring (bicyclic) bond motifs is 1. The lowest BCUT2D eigenvalue weighted by Crippen LogP contribution is -2.26. The number of rotatable bonds is 2. The van der Waals surface area contributed by atoms with Gasteiger partial charge in [0.15, 0.2) is 11.5 Å². The average molecular weight is 271 g/mol. The minimum Gasteiger partial charge on any atom is -0.508 e. The molecule has 2 aromatic carbocycles. The summed E-state index contributed by atoms with van der Waals surface area (Å²) in [5.74, 6) is 1.14. The summed E-state index contributed by atoms with van der Waals surface area (Å²) in [6.45, 7) is 0.176. The number of carbonyl (C=O) groups excluding carboxylic acids is 1. The van der Waals surface area contributed by atoms with Gasteiger partial charge in [-0.15, -0.1) is 0 Å². The van der Waals surface area contributed by atoms with Gasteiger partial charge in [-0.05, 0) is 30.3 Å². The molecule has 5 nitrogen and oxygen atoms in total. The zero-order chi connectivity index (χ0) is 14.1. The molecule has 0 aromatic heterocycles. The molecule has 2 aromatic rings. The first-order valence-corrected chi connectivity index (χ1v) is 6.12. The highest BCUT2D eigenvalue weighted by atomic mass is 16.7. The molecule has 102 valence electrons. The number of hydrogen-bond acceptors (Lipinski definition) is 4. The summed E-state index contributed by atoms with van der Waals surface area (Å²) in [4.78, 5) is 13.9. The summed E-state index contributed by atoms with van der Waals surface area (Å²) < 4.78 is 10.5. The van der Waals surface area contributed by atoms with Crippen molar-refractivity contribution in [2.45, 2.75) is 0 Å². The van der Waals surface area contributed by atoms with Crippen molar-refractivity contribution in [3.63, 3.8) is 0 Å². The Morgan fingerprint density at radius 1 is 1.15 bits per heavy atom. The maximum absolute atomic E-state index is 12.4. The molecule has 1 aliphatic rings. The van der Waals surface area contributed by atoms with Crippen LogP contribution in [0, 0.1) is 0 Å². The minimum absolute atomic E-state index is 0.118. The Morgan fingerprint density at radius 2 is 1.95 bits per heavy atom. The second-order valence-electron chi connectivity index (χ2n) is 4.45. The van der Waals surface area contributed by atoms with Crippen LogP contribution in [-0.2, 0) is 0 Å². The molecule has 0 spiro atoms. The van der Waals surface area contributed by atoms with E-state index >= 15 is 0 Å². The molecule has 3 rings (SSSR count). The number of benzene rings is 2. The van der Waals surface area contributed by atoms with Gasteiger partial charge in [0, 0.05) is 24.4 Å². The van der Waals surface area contributed by atoms with Crippen molar-refractivity contribution in [1.29, 1.82) is 0 Å². The minimum atomic E-state index is -0.186. The third-order valence-corrected chi connectivity index (χ3v) is 3.14. The number of carbonyl (C=O) groups is 1. The van der Waals surface area contributed by atoms with Crippen molar-refractivity contribution < 1.29 is 19.4 Å². The molecule has 1 N–H and O–H groups in total. The van der Waals surface area contributed by atoms with E-state index in [9.17, 15) is 9.90 Å². The predicted octanol–water partition coefficient (Wildman–Crippen LogP) is 2.40. The number of phenols is 1. The molecule has 0 aliphatic carbocycles. The maximum atomic E-state index is 12.4. The molecule has 20 heavy (non-hydrogen) atoms. The SMILES string of the molecule is CN(C(=O)c1ccc2c(c1)OCO2)c1cccc(O)c1. The van der Waals surface area contributed by atoms with Gasteiger partial charge in [0.2, 0.25) is 6.79 Å². The van der Waals surface area contributed by atoms with E-state index in [2.05, 4.69) is 0 Å². The monoisotopic (exact) mass is 271 g/mol. The Labute approximate surface area is 116 Å². The normalized spacial score (nSPS) is 12.2. The maximum Gasteiger partial charge on any atom is 0.258 e. The van der Waals surface area contributed by atoms with Crippen LogP contribution in [0.1, 0.15) is 10.4 Å². The molecule has 0 radical (unpaired) electrons. The average Bonchev–Trinajstić information content (AvgIpc) is 2.93. The highest BCUT2D eigenvalue weighted by Crippen LogP contribution is 2.33. The first kappa shape index (κ1) is 12.3. The van der Waals surface area contributed by atoms with E-state index in [-0.39, 0.29) is 18.4 Å². The Morgan fingerprint density at radius 3 is 2.75 bits per heavy atom. The van der Waals surface area contributed by atoms with Gasteiger partial charge in [-0.3, -0.25) is 4.79 Å². The lowest BCUT2D eigenvalue weighted by Gasteiger charge is -2.17. The van der Waals surface area contributed by atoms with Crippen LogP contribution in [0.5, 0.6) is 17.2 Å². The van der Waals surface area contributed by atoms with Gasteiger partial charge >= 0.3 is 0 Å². The van der Waals surface area contributed by atoms with Crippen LogP contribution in [-0.4, -0.2) is 24.9 Å². The summed E-state index contributed by atoms with van der Waals surface area (Å²) in [5, 5.41) is 9.47. The Balaban J connectivity index is 1.88. The Bertz CT molecular complexity index is 669. The topological polar surface area (TPSA) is 59.0 Å². The molecule has 1 amide bonds. The number of anilines is 1. The highest BCUT2D eigenvalue weighted by molar-refractivity contribution is 6.06. The van der Waals surface area contributed by atoms with Crippen molar-refractivity contribution in [3.8, 4) is 17.2 Å². The highest BCUT2D eigenvalue weighted by Gasteiger charge is 2.19. The van der Waals surface area contributed by atoms with Crippen molar-refractivity contribution in [3.05, 3.63) is 48.0 Å². The van der Waals surface area contributed by atoms with E-state index in [1.54, 1.807) is 43.4 Å². The molecule has 5 heteroatoms. The van der Waals surface area contributed by atoms with E-state index in [1.165, 1.54) is 11.0 Å². The van der Waals surface area contributed by atoms with Gasteiger partial charge in [0.1, 0.15) is 5.75 Å². The molecule has 0 unspecified atom stereocenters. The van der Waals surface area contributed by atoms with Gasteiger partial charge in [0.25, 0.3) is 5.91 Å². The molecular formula is C15H13NO4. The quantitative estimate of drug-likeness (QED) is 0.911. The molecule has 1 aliphatic heterocycles. The summed E-state index contributed by atoms with van der Waals surface area (Å²) in [6, 6.07) is 11.6. The summed E-state index contributed by atoms with van der Waals surface area (Å²) in [7, 11) is 1.65. The van der Waals surface area contributed by atoms with Crippen molar-refractivity contribution in [2.24, 2.45) is 0 Å². The van der Waals surface area contributed by atoms with Crippen LogP contribution in [0.15, 0.2) is 42.5 Å². The standard InChI is InChI=1S/C15H13NO4/c1-16(11-3-2-4-12(17)8-11)15(18)10-5-6-13-14(7-10)20-9-19-13/h2-8,17H,9H2,1H3. The van der Waals surface area contributed by atoms with E-state index in [0.717, 1.165) is 0 Å². The van der Waals surface area contributed by atoms with Gasteiger partial charge < -0.3 is 19.5 Å². The Kier molecular flexibility index (Phi) is 2.95. The van der Waals surface area contributed by atoms with Crippen molar-refractivity contribution >= 4 is 11.6 Å². The van der Waals surface area contributed by atoms with E-state index in [4.69, 9.17) is 9.47 Å². The number of ether oxygens (including phenoxy) is 2. The zero-order valence-corrected chi connectivity index (χ0v) is 10.9. The Hall–Kier alpha value is -2.69. The van der Waals surface area contributed by atoms with Gasteiger partial charge in [-0.25, -0.2) is 0 Å². The van der Waals surface area contributed by atoms with E-state index in [1.807, 2.05) is 0 Å². The van der Waals surface area contributed by atoms with Crippen LogP contribution in [0.4, 0.5) is 5.69 Å². The first-order chi connectivity index (χ1) is 9.65. The molecular weight excluding hydrogens is 258 g/mol. The van der Waals surface area contributed by atoms with Crippen LogP contribution in [0.2, 0.25) is 0 Å². The van der Waals surface area contributed by atoms with Crippen LogP contribution < -0.4 is 14.4 Å². The van der Waals surface area contributed by atoms with Gasteiger partial charge in [-0.1, -0.05) is 6.07 Å². The molecule has 0 fully saturated rings. The number of phenolic OH excluding ortho intramolecular Hbond substituents is 1. The second kappa shape index (κ2) is 4.77. The fourth-order valence-electron chi connectivity index (χ4n) is 2.04. The zero-order valence-electron chi connectivity index (χ0n) is 10.9. The third kappa shape index (κ3) is 2.14. The molecule has 0 bridgehead atoms. The summed E-state index contributed by atoms with van der Waals surface area (Å²) >= 11 is 0. The smallest absolute Gasteiger partial charge is 0.258 e. The van der Waals surface area contributed by atoms with E-state index < -0.39 is 0 Å². The second-order valence-corrected chi connectivity index (χ2v) is 4.45. The fourth-order valence-corrected chi connectivity index (χ4v) is 2.04. The molecule has 0 atom stereocenters. The van der Waals surface area contributed by atoms with E-state index in [0.29, 0.717) is 22.7 Å². The van der Waals surface area contributed by atoms with Crippen LogP contribution in [0.25, 0.3) is 0 Å². The lowest BCUT2D eigenvalue weighted by atomic mass is 10.1. The number of amides is 1. The molecule has 1 heterocycles. The van der Waals surface area contributed by atoms with Crippen LogP contribution in [0.3, 0.4) is 0 Å². The number of aromatic hydroxyl groups is 1. The number of hydrogen-bond donors (Lipinski definition) is 1. The largest absolute Gasteiger partial charge is 0.508 e. The predicted molar refractivity (Wildman–Crippen MR) is 73.4 cm³/mol. The van der Waals surface area contributed by atoms with Crippen LogP contribution >= 0.6 is 0 Å². The summed E-state index contributed by atoms with van der Waals surface area (Å²) in [6.07, 6.45) is 0. The lowest BCUT2D eigenvalue weighted by molar-refractivity contribution is 0.0992. The number of nitrogens with zero attached hydrogens (tertiary/aromatic N) is 1. The molecule has 0 saturated carbocycles. The first-order valence-electron chi connectivity index (χ1n) is 6.12. The van der Waals surface area contributed by atoms with Crippen molar-refractivity contribution in [1.82, 2.24) is 0 Å². The van der Waals surface area contributed by atoms with Gasteiger partial charge in [-0.2, -0.15) is 0 Å².